The van der Waals surface area contributed by atoms with Gasteiger partial charge in [-0.3, -0.25) is 0 Å². The summed E-state index contributed by atoms with van der Waals surface area (Å²) in [7, 11) is 0. The molecule has 0 saturated carbocycles. The Labute approximate surface area is 108 Å². The van der Waals surface area contributed by atoms with Gasteiger partial charge in [0.05, 0.1) is 0 Å². The molecule has 0 aliphatic rings. The second-order valence-corrected chi connectivity index (χ2v) is 4.71. The van der Waals surface area contributed by atoms with E-state index in [1.54, 1.807) is 0 Å². The molecular formula is C16H18O2. The van der Waals surface area contributed by atoms with E-state index in [1.165, 1.54) is 0 Å². The molecule has 94 valence electrons. The Bertz CT molecular complexity index is 450. The van der Waals surface area contributed by atoms with Crippen molar-refractivity contribution in [2.24, 2.45) is 0 Å². The van der Waals surface area contributed by atoms with Crippen molar-refractivity contribution >= 4 is 0 Å². The Hall–Kier alpha value is -1.64. The van der Waals surface area contributed by atoms with Gasteiger partial charge in [0.1, 0.15) is 12.2 Å². The first kappa shape index (κ1) is 12.8. The smallest absolute Gasteiger partial charge is 0.109 e. The van der Waals surface area contributed by atoms with Crippen LogP contribution in [-0.4, -0.2) is 10.2 Å². The number of aliphatic hydroxyl groups excluding tert-OH is 2. The lowest BCUT2D eigenvalue weighted by Gasteiger charge is -2.19. The van der Waals surface area contributed by atoms with E-state index >= 15 is 0 Å². The predicted molar refractivity (Wildman–Crippen MR) is 72.3 cm³/mol. The van der Waals surface area contributed by atoms with Gasteiger partial charge in [-0.15, -0.1) is 0 Å². The van der Waals surface area contributed by atoms with Crippen LogP contribution >= 0.6 is 0 Å². The summed E-state index contributed by atoms with van der Waals surface area (Å²) in [5, 5.41) is 20.3. The summed E-state index contributed by atoms with van der Waals surface area (Å²) in [5.41, 5.74) is 3.73. The van der Waals surface area contributed by atoms with E-state index in [-0.39, 0.29) is 0 Å². The molecule has 0 spiro atoms. The Balaban J connectivity index is 2.20. The first-order chi connectivity index (χ1) is 8.58. The Morgan fingerprint density at radius 2 is 0.889 bits per heavy atom. The second kappa shape index (κ2) is 5.34. The van der Waals surface area contributed by atoms with Crippen LogP contribution in [0.3, 0.4) is 0 Å². The van der Waals surface area contributed by atoms with E-state index in [1.807, 2.05) is 62.4 Å². The van der Waals surface area contributed by atoms with Gasteiger partial charge in [-0.1, -0.05) is 59.7 Å². The summed E-state index contributed by atoms with van der Waals surface area (Å²) >= 11 is 0. The first-order valence-corrected chi connectivity index (χ1v) is 6.07. The Morgan fingerprint density at radius 3 is 1.17 bits per heavy atom. The van der Waals surface area contributed by atoms with E-state index in [2.05, 4.69) is 0 Å². The number of benzene rings is 2. The maximum Gasteiger partial charge on any atom is 0.109 e. The van der Waals surface area contributed by atoms with Crippen LogP contribution < -0.4 is 0 Å². The molecular weight excluding hydrogens is 224 g/mol. The van der Waals surface area contributed by atoms with Gasteiger partial charge in [0.25, 0.3) is 0 Å². The van der Waals surface area contributed by atoms with Crippen molar-refractivity contribution in [3.05, 3.63) is 70.8 Å². The molecule has 0 heterocycles. The highest BCUT2D eigenvalue weighted by atomic mass is 16.3. The largest absolute Gasteiger partial charge is 0.385 e. The number of aliphatic hydroxyl groups is 2. The van der Waals surface area contributed by atoms with Crippen LogP contribution in [0.2, 0.25) is 0 Å². The van der Waals surface area contributed by atoms with Crippen molar-refractivity contribution in [2.45, 2.75) is 26.1 Å². The number of hydrogen-bond acceptors (Lipinski definition) is 2. The lowest BCUT2D eigenvalue weighted by atomic mass is 9.97. The molecule has 2 rings (SSSR count). The highest BCUT2D eigenvalue weighted by molar-refractivity contribution is 5.28. The predicted octanol–water partition coefficient (Wildman–Crippen LogP) is 3.07. The highest BCUT2D eigenvalue weighted by Gasteiger charge is 2.19. The molecule has 0 amide bonds. The zero-order valence-electron chi connectivity index (χ0n) is 10.7. The summed E-state index contributed by atoms with van der Waals surface area (Å²) in [5.74, 6) is 0. The third-order valence-corrected chi connectivity index (χ3v) is 3.14. The minimum Gasteiger partial charge on any atom is -0.385 e. The molecule has 0 aliphatic carbocycles. The summed E-state index contributed by atoms with van der Waals surface area (Å²) < 4.78 is 0. The highest BCUT2D eigenvalue weighted by Crippen LogP contribution is 2.28. The molecule has 2 atom stereocenters. The van der Waals surface area contributed by atoms with Crippen molar-refractivity contribution in [1.82, 2.24) is 0 Å². The van der Waals surface area contributed by atoms with Crippen LogP contribution in [0.5, 0.6) is 0 Å². The molecule has 0 radical (unpaired) electrons. The molecule has 2 N–H and O–H groups in total. The van der Waals surface area contributed by atoms with Crippen LogP contribution in [0.25, 0.3) is 0 Å². The molecule has 0 aliphatic heterocycles. The molecule has 0 saturated heterocycles. The maximum absolute atomic E-state index is 10.2. The van der Waals surface area contributed by atoms with Crippen molar-refractivity contribution in [2.75, 3.05) is 0 Å². The van der Waals surface area contributed by atoms with Gasteiger partial charge in [0.2, 0.25) is 0 Å². The minimum atomic E-state index is -0.895. The standard InChI is InChI=1S/C16H18O2/c1-11-3-7-13(8-4-11)15(17)16(18)14-9-5-12(2)6-10-14/h3-10,15-18H,1-2H3. The van der Waals surface area contributed by atoms with Crippen molar-refractivity contribution in [3.63, 3.8) is 0 Å². The molecule has 2 heteroatoms. The molecule has 2 aromatic carbocycles. The maximum atomic E-state index is 10.2. The molecule has 2 nitrogen and oxygen atoms in total. The third-order valence-electron chi connectivity index (χ3n) is 3.14. The van der Waals surface area contributed by atoms with Gasteiger partial charge >= 0.3 is 0 Å². The fourth-order valence-corrected chi connectivity index (χ4v) is 1.89. The van der Waals surface area contributed by atoms with Gasteiger partial charge in [-0.05, 0) is 25.0 Å². The Kier molecular flexibility index (Phi) is 3.80. The molecule has 0 aromatic heterocycles. The molecule has 18 heavy (non-hydrogen) atoms. The van der Waals surface area contributed by atoms with E-state index < -0.39 is 12.2 Å². The fourth-order valence-electron chi connectivity index (χ4n) is 1.89. The zero-order valence-corrected chi connectivity index (χ0v) is 10.7. The topological polar surface area (TPSA) is 40.5 Å². The van der Waals surface area contributed by atoms with Gasteiger partial charge < -0.3 is 10.2 Å². The molecule has 2 aromatic rings. The molecule has 2 unspecified atom stereocenters. The second-order valence-electron chi connectivity index (χ2n) is 4.71. The monoisotopic (exact) mass is 242 g/mol. The van der Waals surface area contributed by atoms with Crippen LogP contribution in [0, 0.1) is 13.8 Å². The molecule has 0 fully saturated rings. The fraction of sp³-hybridized carbons (Fsp3) is 0.250. The number of rotatable bonds is 3. The van der Waals surface area contributed by atoms with Crippen molar-refractivity contribution in [3.8, 4) is 0 Å². The SMILES string of the molecule is Cc1ccc(C(O)C(O)c2ccc(C)cc2)cc1. The van der Waals surface area contributed by atoms with E-state index in [0.717, 1.165) is 22.3 Å². The summed E-state index contributed by atoms with van der Waals surface area (Å²) in [6, 6.07) is 15.1. The minimum absolute atomic E-state index is 0.730. The summed E-state index contributed by atoms with van der Waals surface area (Å²) in [4.78, 5) is 0. The number of aryl methyl sites for hydroxylation is 2. The van der Waals surface area contributed by atoms with Crippen LogP contribution in [0.4, 0.5) is 0 Å². The Morgan fingerprint density at radius 1 is 0.611 bits per heavy atom. The average molecular weight is 242 g/mol. The van der Waals surface area contributed by atoms with Crippen LogP contribution in [-0.2, 0) is 0 Å². The lowest BCUT2D eigenvalue weighted by molar-refractivity contribution is 0.0172. The van der Waals surface area contributed by atoms with E-state index in [9.17, 15) is 10.2 Å². The lowest BCUT2D eigenvalue weighted by Crippen LogP contribution is -2.10. The van der Waals surface area contributed by atoms with Crippen LogP contribution in [0.1, 0.15) is 34.5 Å². The summed E-state index contributed by atoms with van der Waals surface area (Å²) in [6.07, 6.45) is -1.79. The quantitative estimate of drug-likeness (QED) is 0.868. The van der Waals surface area contributed by atoms with E-state index in [4.69, 9.17) is 0 Å². The molecule has 0 bridgehead atoms. The number of hydrogen-bond donors (Lipinski definition) is 2. The summed E-state index contributed by atoms with van der Waals surface area (Å²) in [6.45, 7) is 3.99. The first-order valence-electron chi connectivity index (χ1n) is 6.07. The third kappa shape index (κ3) is 2.78. The van der Waals surface area contributed by atoms with E-state index in [0.29, 0.717) is 0 Å². The van der Waals surface area contributed by atoms with Gasteiger partial charge in [-0.25, -0.2) is 0 Å². The van der Waals surface area contributed by atoms with Crippen molar-refractivity contribution in [1.29, 1.82) is 0 Å². The van der Waals surface area contributed by atoms with Gasteiger partial charge in [0, 0.05) is 0 Å². The average Bonchev–Trinajstić information content (AvgIpc) is 2.39. The van der Waals surface area contributed by atoms with Crippen LogP contribution in [0.15, 0.2) is 48.5 Å². The normalized spacial score (nSPS) is 14.2. The van der Waals surface area contributed by atoms with Gasteiger partial charge in [-0.2, -0.15) is 0 Å². The zero-order chi connectivity index (χ0) is 13.1. The van der Waals surface area contributed by atoms with Gasteiger partial charge in [0.15, 0.2) is 0 Å². The van der Waals surface area contributed by atoms with Crippen molar-refractivity contribution < 1.29 is 10.2 Å².